The van der Waals surface area contributed by atoms with Gasteiger partial charge >= 0.3 is 0 Å². The van der Waals surface area contributed by atoms with Crippen molar-refractivity contribution in [3.05, 3.63) is 81.5 Å². The first-order chi connectivity index (χ1) is 14.1. The molecule has 0 aromatic carbocycles. The highest BCUT2D eigenvalue weighted by Gasteiger charge is 2.20. The molecular weight excluding hydrogens is 366 g/mol. The van der Waals surface area contributed by atoms with E-state index in [0.717, 1.165) is 43.6 Å². The molecule has 0 amide bonds. The summed E-state index contributed by atoms with van der Waals surface area (Å²) in [5, 5.41) is 0. The molecule has 0 atom stereocenters. The fourth-order valence-electron chi connectivity index (χ4n) is 3.79. The second kappa shape index (κ2) is 8.53. The molecule has 0 unspecified atom stereocenters. The maximum atomic E-state index is 12.5. The zero-order valence-electron chi connectivity index (χ0n) is 16.6. The number of piperidine rings is 1. The number of hydrogen-bond acceptors (Lipinski definition) is 5. The van der Waals surface area contributed by atoms with Gasteiger partial charge in [0, 0.05) is 56.4 Å². The fourth-order valence-corrected chi connectivity index (χ4v) is 3.79. The Labute approximate surface area is 169 Å². The lowest BCUT2D eigenvalue weighted by Crippen LogP contribution is -2.36. The molecule has 4 rings (SSSR count). The molecule has 0 aliphatic carbocycles. The van der Waals surface area contributed by atoms with E-state index in [2.05, 4.69) is 14.9 Å². The van der Waals surface area contributed by atoms with Crippen LogP contribution in [0.25, 0.3) is 11.3 Å². The Morgan fingerprint density at radius 3 is 2.48 bits per heavy atom. The average molecular weight is 391 g/mol. The predicted molar refractivity (Wildman–Crippen MR) is 111 cm³/mol. The summed E-state index contributed by atoms with van der Waals surface area (Å²) in [6.07, 6.45) is 8.93. The van der Waals surface area contributed by atoms with Gasteiger partial charge in [-0.3, -0.25) is 24.0 Å². The molecule has 29 heavy (non-hydrogen) atoms. The largest absolute Gasteiger partial charge is 0.319 e. The number of hydrogen-bond donors (Lipinski definition) is 0. The van der Waals surface area contributed by atoms with E-state index in [1.54, 1.807) is 47.0 Å². The van der Waals surface area contributed by atoms with Crippen LogP contribution in [0.3, 0.4) is 0 Å². The number of pyridine rings is 2. The standard InChI is InChI=1S/C22H25N5O2/c1-25-9-4-18(12-21(25)28)14-26-10-5-17(6-11-26)15-27-16-24-20(13-22(27)29)19-2-7-23-8-3-19/h2-4,7-9,12-13,16-17H,5-6,10-11,14-15H2,1H3. The predicted octanol–water partition coefficient (Wildman–Crippen LogP) is 1.92. The van der Waals surface area contributed by atoms with Crippen molar-refractivity contribution in [1.29, 1.82) is 0 Å². The van der Waals surface area contributed by atoms with Crippen molar-refractivity contribution in [2.75, 3.05) is 13.1 Å². The molecule has 4 heterocycles. The summed E-state index contributed by atoms with van der Waals surface area (Å²) >= 11 is 0. The quantitative estimate of drug-likeness (QED) is 0.664. The highest BCUT2D eigenvalue weighted by atomic mass is 16.1. The SMILES string of the molecule is Cn1ccc(CN2CCC(Cn3cnc(-c4ccncc4)cc3=O)CC2)cc1=O. The van der Waals surface area contributed by atoms with Crippen LogP contribution in [0.5, 0.6) is 0 Å². The van der Waals surface area contributed by atoms with Crippen LogP contribution in [0.4, 0.5) is 0 Å². The summed E-state index contributed by atoms with van der Waals surface area (Å²) in [7, 11) is 1.76. The molecular formula is C22H25N5O2. The normalized spacial score (nSPS) is 15.5. The van der Waals surface area contributed by atoms with E-state index in [1.165, 1.54) is 0 Å². The van der Waals surface area contributed by atoms with E-state index in [0.29, 0.717) is 18.2 Å². The maximum Gasteiger partial charge on any atom is 0.253 e. The molecule has 0 bridgehead atoms. The van der Waals surface area contributed by atoms with Gasteiger partial charge in [0.05, 0.1) is 12.0 Å². The smallest absolute Gasteiger partial charge is 0.253 e. The lowest BCUT2D eigenvalue weighted by atomic mass is 9.96. The highest BCUT2D eigenvalue weighted by Crippen LogP contribution is 2.20. The molecule has 0 N–H and O–H groups in total. The minimum absolute atomic E-state index is 0.0191. The van der Waals surface area contributed by atoms with Crippen LogP contribution in [0.2, 0.25) is 0 Å². The molecule has 3 aromatic heterocycles. The number of rotatable bonds is 5. The number of aryl methyl sites for hydroxylation is 1. The Hall–Kier alpha value is -3.06. The van der Waals surface area contributed by atoms with Gasteiger partial charge in [-0.15, -0.1) is 0 Å². The van der Waals surface area contributed by atoms with Crippen LogP contribution in [-0.2, 0) is 20.1 Å². The van der Waals surface area contributed by atoms with Crippen LogP contribution in [0.1, 0.15) is 18.4 Å². The first-order valence-electron chi connectivity index (χ1n) is 9.93. The lowest BCUT2D eigenvalue weighted by Gasteiger charge is -2.32. The van der Waals surface area contributed by atoms with Crippen molar-refractivity contribution < 1.29 is 0 Å². The summed E-state index contributed by atoms with van der Waals surface area (Å²) in [4.78, 5) is 35.1. The van der Waals surface area contributed by atoms with Crippen LogP contribution in [0, 0.1) is 5.92 Å². The highest BCUT2D eigenvalue weighted by molar-refractivity contribution is 5.57. The molecule has 0 radical (unpaired) electrons. The van der Waals surface area contributed by atoms with Crippen molar-refractivity contribution in [1.82, 2.24) is 24.0 Å². The van der Waals surface area contributed by atoms with Crippen LogP contribution in [-0.4, -0.2) is 37.1 Å². The van der Waals surface area contributed by atoms with Gasteiger partial charge < -0.3 is 4.57 Å². The maximum absolute atomic E-state index is 12.5. The Morgan fingerprint density at radius 1 is 1.03 bits per heavy atom. The van der Waals surface area contributed by atoms with Gasteiger partial charge in [-0.1, -0.05) is 0 Å². The zero-order valence-corrected chi connectivity index (χ0v) is 16.6. The van der Waals surface area contributed by atoms with Gasteiger partial charge in [0.2, 0.25) is 0 Å². The van der Waals surface area contributed by atoms with Crippen molar-refractivity contribution >= 4 is 0 Å². The summed E-state index contributed by atoms with van der Waals surface area (Å²) in [5.41, 5.74) is 2.64. The zero-order chi connectivity index (χ0) is 20.2. The molecule has 0 saturated carbocycles. The topological polar surface area (TPSA) is 73.0 Å². The summed E-state index contributed by atoms with van der Waals surface area (Å²) < 4.78 is 3.30. The fraction of sp³-hybridized carbons (Fsp3) is 0.364. The van der Waals surface area contributed by atoms with Crippen LogP contribution in [0.15, 0.2) is 64.8 Å². The molecule has 7 nitrogen and oxygen atoms in total. The third kappa shape index (κ3) is 4.68. The van der Waals surface area contributed by atoms with E-state index >= 15 is 0 Å². The Bertz CT molecular complexity index is 1080. The average Bonchev–Trinajstić information content (AvgIpc) is 2.74. The Morgan fingerprint density at radius 2 is 1.79 bits per heavy atom. The third-order valence-corrected chi connectivity index (χ3v) is 5.59. The van der Waals surface area contributed by atoms with Crippen molar-refractivity contribution in [3.8, 4) is 11.3 Å². The summed E-state index contributed by atoms with van der Waals surface area (Å²) in [6.45, 7) is 3.43. The summed E-state index contributed by atoms with van der Waals surface area (Å²) in [6, 6.07) is 9.01. The monoisotopic (exact) mass is 391 g/mol. The summed E-state index contributed by atoms with van der Waals surface area (Å²) in [5.74, 6) is 0.459. The molecule has 7 heteroatoms. The third-order valence-electron chi connectivity index (χ3n) is 5.59. The lowest BCUT2D eigenvalue weighted by molar-refractivity contribution is 0.166. The van der Waals surface area contributed by atoms with E-state index in [1.807, 2.05) is 24.4 Å². The first-order valence-corrected chi connectivity index (χ1v) is 9.93. The molecule has 1 saturated heterocycles. The van der Waals surface area contributed by atoms with E-state index in [9.17, 15) is 9.59 Å². The second-order valence-electron chi connectivity index (χ2n) is 7.70. The molecule has 1 aliphatic rings. The molecule has 1 aliphatic heterocycles. The van der Waals surface area contributed by atoms with Gasteiger partial charge in [0.25, 0.3) is 11.1 Å². The van der Waals surface area contributed by atoms with Crippen LogP contribution < -0.4 is 11.1 Å². The minimum Gasteiger partial charge on any atom is -0.319 e. The van der Waals surface area contributed by atoms with Gasteiger partial charge in [-0.2, -0.15) is 0 Å². The molecule has 1 fully saturated rings. The van der Waals surface area contributed by atoms with Gasteiger partial charge in [-0.05, 0) is 55.6 Å². The molecule has 3 aromatic rings. The minimum atomic E-state index is -0.0191. The van der Waals surface area contributed by atoms with Gasteiger partial charge in [0.1, 0.15) is 0 Å². The van der Waals surface area contributed by atoms with E-state index in [4.69, 9.17) is 0 Å². The first kappa shape index (κ1) is 19.3. The van der Waals surface area contributed by atoms with Crippen molar-refractivity contribution in [3.63, 3.8) is 0 Å². The molecule has 150 valence electrons. The number of nitrogens with zero attached hydrogens (tertiary/aromatic N) is 5. The van der Waals surface area contributed by atoms with Crippen LogP contribution >= 0.6 is 0 Å². The van der Waals surface area contributed by atoms with Gasteiger partial charge in [-0.25, -0.2) is 4.98 Å². The second-order valence-corrected chi connectivity index (χ2v) is 7.70. The van der Waals surface area contributed by atoms with Gasteiger partial charge in [0.15, 0.2) is 0 Å². The van der Waals surface area contributed by atoms with E-state index in [-0.39, 0.29) is 11.1 Å². The molecule has 0 spiro atoms. The van der Waals surface area contributed by atoms with Crippen molar-refractivity contribution in [2.45, 2.75) is 25.9 Å². The van der Waals surface area contributed by atoms with E-state index < -0.39 is 0 Å². The number of likely N-dealkylation sites (tertiary alicyclic amines) is 1. The Balaban J connectivity index is 1.34. The van der Waals surface area contributed by atoms with Crippen molar-refractivity contribution in [2.24, 2.45) is 13.0 Å². The Kier molecular flexibility index (Phi) is 5.67. The number of aromatic nitrogens is 4.